The number of thiophene rings is 1. The number of amides is 1. The summed E-state index contributed by atoms with van der Waals surface area (Å²) in [7, 11) is 0. The second-order valence-electron chi connectivity index (χ2n) is 7.03. The minimum absolute atomic E-state index is 0.0436. The number of carbonyl (C=O) groups excluding carboxylic acids is 1. The number of nitrogens with zero attached hydrogens (tertiary/aromatic N) is 3. The first-order valence-electron chi connectivity index (χ1n) is 10.2. The molecule has 5 nitrogen and oxygen atoms in total. The number of thioether (sulfide) groups is 1. The summed E-state index contributed by atoms with van der Waals surface area (Å²) in [5.41, 5.74) is 1.75. The largest absolute Gasteiger partial charge is 0.342 e. The van der Waals surface area contributed by atoms with Crippen molar-refractivity contribution in [2.24, 2.45) is 0 Å². The maximum atomic E-state index is 13.1. The number of benzene rings is 1. The normalized spacial score (nSPS) is 11.2. The summed E-state index contributed by atoms with van der Waals surface area (Å²) in [4.78, 5) is 32.4. The van der Waals surface area contributed by atoms with Crippen LogP contribution < -0.4 is 5.56 Å². The second kappa shape index (κ2) is 11.0. The minimum atomic E-state index is -0.0436. The molecule has 1 aromatic carbocycles. The quantitative estimate of drug-likeness (QED) is 0.310. The van der Waals surface area contributed by atoms with Crippen LogP contribution in [0.25, 0.3) is 10.2 Å². The summed E-state index contributed by atoms with van der Waals surface area (Å²) < 4.78 is 2.36. The van der Waals surface area contributed by atoms with E-state index in [1.165, 1.54) is 23.1 Å². The van der Waals surface area contributed by atoms with Crippen molar-refractivity contribution in [3.05, 3.63) is 56.7 Å². The molecule has 0 aliphatic rings. The zero-order valence-corrected chi connectivity index (χ0v) is 19.7. The smallest absolute Gasteiger partial charge is 0.272 e. The van der Waals surface area contributed by atoms with Gasteiger partial charge in [-0.1, -0.05) is 49.3 Å². The van der Waals surface area contributed by atoms with Gasteiger partial charge in [-0.05, 0) is 48.4 Å². The van der Waals surface area contributed by atoms with Crippen LogP contribution >= 0.6 is 34.7 Å². The lowest BCUT2D eigenvalue weighted by molar-refractivity contribution is -0.128. The topological polar surface area (TPSA) is 55.2 Å². The lowest BCUT2D eigenvalue weighted by Gasteiger charge is -2.21. The molecule has 30 heavy (non-hydrogen) atoms. The Morgan fingerprint density at radius 2 is 1.87 bits per heavy atom. The highest BCUT2D eigenvalue weighted by Crippen LogP contribution is 2.22. The van der Waals surface area contributed by atoms with Crippen LogP contribution in [0.1, 0.15) is 32.3 Å². The number of fused-ring (bicyclic) bond motifs is 1. The predicted octanol–water partition coefficient (Wildman–Crippen LogP) is 5.09. The second-order valence-corrected chi connectivity index (χ2v) is 9.33. The van der Waals surface area contributed by atoms with Crippen LogP contribution in [0.3, 0.4) is 0 Å². The molecule has 160 valence electrons. The molecule has 3 rings (SSSR count). The molecule has 2 aromatic heterocycles. The Bertz CT molecular complexity index is 1040. The van der Waals surface area contributed by atoms with Gasteiger partial charge in [-0.3, -0.25) is 14.2 Å². The summed E-state index contributed by atoms with van der Waals surface area (Å²) in [6.45, 7) is 6.17. The SMILES string of the molecule is CCCN(CCC)C(=O)CSc1nc2ccsc2c(=O)n1CCc1ccc(Cl)cc1. The van der Waals surface area contributed by atoms with Crippen molar-refractivity contribution in [1.82, 2.24) is 14.5 Å². The summed E-state index contributed by atoms with van der Waals surface area (Å²) in [6, 6.07) is 9.50. The zero-order chi connectivity index (χ0) is 21.5. The molecule has 1 amide bonds. The standard InChI is InChI=1S/C22H26ClN3O2S2/c1-3-11-25(12-4-2)19(27)15-30-22-24-18-10-14-29-20(18)21(28)26(22)13-9-16-5-7-17(23)8-6-16/h5-8,10,14H,3-4,9,11-13,15H2,1-2H3. The molecule has 0 bridgehead atoms. The Morgan fingerprint density at radius 1 is 1.17 bits per heavy atom. The third-order valence-corrected chi connectivity index (χ3v) is 6.84. The van der Waals surface area contributed by atoms with Gasteiger partial charge in [-0.15, -0.1) is 11.3 Å². The van der Waals surface area contributed by atoms with Gasteiger partial charge in [-0.25, -0.2) is 4.98 Å². The highest BCUT2D eigenvalue weighted by Gasteiger charge is 2.17. The van der Waals surface area contributed by atoms with Crippen LogP contribution in [0.4, 0.5) is 0 Å². The molecule has 0 radical (unpaired) electrons. The fraction of sp³-hybridized carbons (Fsp3) is 0.409. The molecule has 0 spiro atoms. The highest BCUT2D eigenvalue weighted by atomic mass is 35.5. The lowest BCUT2D eigenvalue weighted by atomic mass is 10.1. The Kier molecular flexibility index (Phi) is 8.36. The fourth-order valence-electron chi connectivity index (χ4n) is 3.24. The molecule has 0 unspecified atom stereocenters. The van der Waals surface area contributed by atoms with Crippen molar-refractivity contribution >= 4 is 50.8 Å². The summed E-state index contributed by atoms with van der Waals surface area (Å²) in [6.07, 6.45) is 2.55. The maximum Gasteiger partial charge on any atom is 0.272 e. The van der Waals surface area contributed by atoms with E-state index in [0.29, 0.717) is 33.4 Å². The summed E-state index contributed by atoms with van der Waals surface area (Å²) in [5.74, 6) is 0.371. The number of aromatic nitrogens is 2. The monoisotopic (exact) mass is 463 g/mol. The van der Waals surface area contributed by atoms with Crippen LogP contribution in [0, 0.1) is 0 Å². The minimum Gasteiger partial charge on any atom is -0.342 e. The Hall–Kier alpha value is -1.83. The average Bonchev–Trinajstić information content (AvgIpc) is 3.21. The number of rotatable bonds is 10. The van der Waals surface area contributed by atoms with E-state index in [0.717, 1.165) is 31.5 Å². The number of carbonyl (C=O) groups is 1. The van der Waals surface area contributed by atoms with E-state index in [1.807, 2.05) is 40.6 Å². The van der Waals surface area contributed by atoms with Crippen molar-refractivity contribution in [2.75, 3.05) is 18.8 Å². The number of aryl methyl sites for hydroxylation is 1. The number of hydrogen-bond donors (Lipinski definition) is 0. The molecule has 0 saturated heterocycles. The van der Waals surface area contributed by atoms with Crippen LogP contribution in [0.2, 0.25) is 5.02 Å². The van der Waals surface area contributed by atoms with E-state index >= 15 is 0 Å². The van der Waals surface area contributed by atoms with Crippen LogP contribution in [-0.2, 0) is 17.8 Å². The molecule has 0 saturated carbocycles. The van der Waals surface area contributed by atoms with Gasteiger partial charge in [0.15, 0.2) is 5.16 Å². The molecule has 0 aliphatic heterocycles. The van der Waals surface area contributed by atoms with Crippen molar-refractivity contribution < 1.29 is 4.79 Å². The van der Waals surface area contributed by atoms with Crippen molar-refractivity contribution in [3.63, 3.8) is 0 Å². The predicted molar refractivity (Wildman–Crippen MR) is 127 cm³/mol. The Morgan fingerprint density at radius 3 is 2.53 bits per heavy atom. The van der Waals surface area contributed by atoms with Gasteiger partial charge in [-0.2, -0.15) is 0 Å². The molecule has 0 fully saturated rings. The first kappa shape index (κ1) is 22.8. The molecule has 0 aliphatic carbocycles. The van der Waals surface area contributed by atoms with Gasteiger partial charge in [0.05, 0.1) is 11.3 Å². The first-order chi connectivity index (χ1) is 14.5. The maximum absolute atomic E-state index is 13.1. The van der Waals surface area contributed by atoms with Gasteiger partial charge >= 0.3 is 0 Å². The van der Waals surface area contributed by atoms with E-state index < -0.39 is 0 Å². The molecular weight excluding hydrogens is 438 g/mol. The van der Waals surface area contributed by atoms with Gasteiger partial charge < -0.3 is 4.90 Å². The fourth-order valence-corrected chi connectivity index (χ4v) is 5.07. The third kappa shape index (κ3) is 5.65. The first-order valence-corrected chi connectivity index (χ1v) is 12.4. The van der Waals surface area contributed by atoms with E-state index in [1.54, 1.807) is 4.57 Å². The third-order valence-electron chi connectivity index (χ3n) is 4.73. The van der Waals surface area contributed by atoms with E-state index in [2.05, 4.69) is 13.8 Å². The van der Waals surface area contributed by atoms with Crippen LogP contribution in [0.15, 0.2) is 45.7 Å². The van der Waals surface area contributed by atoms with Crippen molar-refractivity contribution in [1.29, 1.82) is 0 Å². The zero-order valence-electron chi connectivity index (χ0n) is 17.3. The summed E-state index contributed by atoms with van der Waals surface area (Å²) >= 11 is 8.72. The molecule has 8 heteroatoms. The molecular formula is C22H26ClN3O2S2. The molecule has 0 atom stereocenters. The van der Waals surface area contributed by atoms with Gasteiger partial charge in [0.2, 0.25) is 5.91 Å². The lowest BCUT2D eigenvalue weighted by Crippen LogP contribution is -2.34. The molecule has 3 aromatic rings. The van der Waals surface area contributed by atoms with Crippen molar-refractivity contribution in [3.8, 4) is 0 Å². The van der Waals surface area contributed by atoms with Gasteiger partial charge in [0.25, 0.3) is 5.56 Å². The molecule has 0 N–H and O–H groups in total. The van der Waals surface area contributed by atoms with Crippen LogP contribution in [0.5, 0.6) is 0 Å². The van der Waals surface area contributed by atoms with Gasteiger partial charge in [0, 0.05) is 24.7 Å². The van der Waals surface area contributed by atoms with Crippen LogP contribution in [-0.4, -0.2) is 39.2 Å². The Balaban J connectivity index is 1.81. The highest BCUT2D eigenvalue weighted by molar-refractivity contribution is 7.99. The number of hydrogen-bond acceptors (Lipinski definition) is 5. The van der Waals surface area contributed by atoms with Crippen molar-refractivity contribution in [2.45, 2.75) is 44.8 Å². The Labute approximate surface area is 190 Å². The van der Waals surface area contributed by atoms with Gasteiger partial charge in [0.1, 0.15) is 4.70 Å². The van der Waals surface area contributed by atoms with E-state index in [-0.39, 0.29) is 17.2 Å². The molecule has 2 heterocycles. The van der Waals surface area contributed by atoms with E-state index in [9.17, 15) is 9.59 Å². The summed E-state index contributed by atoms with van der Waals surface area (Å²) in [5, 5.41) is 3.17. The average molecular weight is 464 g/mol. The van der Waals surface area contributed by atoms with E-state index in [4.69, 9.17) is 16.6 Å². The number of halogens is 1.